The predicted molar refractivity (Wildman–Crippen MR) is 156 cm³/mol. The number of H-pyrrole nitrogens is 1. The number of allylic oxidation sites excluding steroid dienone is 5. The standard InChI is InChI=1S/C30H25BrN4O3S/c31-28-16-27(9-10-29(28)38-18-19-1-2-19)39(36,37)30-12-11-25(35-30)15-24-6-5-21(33-24)13-20-3-4-22(32-20)14-23-7-8-26(17-30)34-23/h3-11,13-17,19,32,35H,1-2,12,18H2. The summed E-state index contributed by atoms with van der Waals surface area (Å²) in [5.74, 6) is 1.24. The average molecular weight is 602 g/mol. The molecule has 1 saturated carbocycles. The lowest BCUT2D eigenvalue weighted by Crippen LogP contribution is -2.46. The predicted octanol–water partition coefficient (Wildman–Crippen LogP) is 3.98. The molecule has 2 aromatic rings. The van der Waals surface area contributed by atoms with Crippen LogP contribution in [0, 0.1) is 5.92 Å². The number of ether oxygens (including phenoxy) is 1. The van der Waals surface area contributed by atoms with Crippen LogP contribution in [-0.4, -0.2) is 36.3 Å². The molecule has 7 rings (SSSR count). The van der Waals surface area contributed by atoms with Crippen molar-refractivity contribution < 1.29 is 13.2 Å². The molecule has 0 saturated heterocycles. The minimum atomic E-state index is -3.92. The zero-order valence-electron chi connectivity index (χ0n) is 20.9. The van der Waals surface area contributed by atoms with Gasteiger partial charge in [0.15, 0.2) is 4.87 Å². The van der Waals surface area contributed by atoms with E-state index in [1.165, 1.54) is 12.8 Å². The van der Waals surface area contributed by atoms with Crippen LogP contribution >= 0.6 is 15.9 Å². The summed E-state index contributed by atoms with van der Waals surface area (Å²) in [5.41, 5.74) is 3.56. The number of sulfone groups is 1. The number of aromatic nitrogens is 1. The number of halogens is 1. The number of hydrogen-bond donors (Lipinski definition) is 2. The van der Waals surface area contributed by atoms with Crippen LogP contribution in [0.15, 0.2) is 109 Å². The Labute approximate surface area is 234 Å². The molecule has 1 aromatic carbocycles. The average Bonchev–Trinajstić information content (AvgIpc) is 3.26. The molecule has 0 spiro atoms. The summed E-state index contributed by atoms with van der Waals surface area (Å²) in [5, 5.41) is 5.15. The fourth-order valence-corrected chi connectivity index (χ4v) is 7.36. The van der Waals surface area contributed by atoms with Crippen LogP contribution in [0.5, 0.6) is 5.75 Å². The Morgan fingerprint density at radius 3 is 2.38 bits per heavy atom. The van der Waals surface area contributed by atoms with Crippen LogP contribution in [0.25, 0.3) is 12.2 Å². The lowest BCUT2D eigenvalue weighted by atomic mass is 10.2. The molecule has 8 bridgehead atoms. The van der Waals surface area contributed by atoms with Gasteiger partial charge in [-0.15, -0.1) is 0 Å². The summed E-state index contributed by atoms with van der Waals surface area (Å²) in [6, 6.07) is 8.95. The largest absolute Gasteiger partial charge is 0.492 e. The third-order valence-electron chi connectivity index (χ3n) is 7.23. The zero-order valence-corrected chi connectivity index (χ0v) is 23.3. The second-order valence-electron chi connectivity index (χ2n) is 10.3. The molecule has 1 atom stereocenters. The number of fused-ring (bicyclic) bond motifs is 6. The summed E-state index contributed by atoms with van der Waals surface area (Å²) in [7, 11) is -3.92. The molecular weight excluding hydrogens is 576 g/mol. The van der Waals surface area contributed by atoms with Gasteiger partial charge >= 0.3 is 0 Å². The molecule has 1 fully saturated rings. The van der Waals surface area contributed by atoms with Gasteiger partial charge < -0.3 is 15.0 Å². The fourth-order valence-electron chi connectivity index (χ4n) is 4.95. The second kappa shape index (κ2) is 9.20. The molecule has 1 aromatic heterocycles. The summed E-state index contributed by atoms with van der Waals surface area (Å²) in [4.78, 5) is 11.5. The van der Waals surface area contributed by atoms with Crippen molar-refractivity contribution in [3.63, 3.8) is 0 Å². The Morgan fingerprint density at radius 2 is 1.67 bits per heavy atom. The minimum absolute atomic E-state index is 0.196. The summed E-state index contributed by atoms with van der Waals surface area (Å²) >= 11 is 3.53. The van der Waals surface area contributed by atoms with Gasteiger partial charge in [0, 0.05) is 22.8 Å². The van der Waals surface area contributed by atoms with Gasteiger partial charge in [0.25, 0.3) is 0 Å². The number of aliphatic imine (C=N–C) groups is 2. The van der Waals surface area contributed by atoms with Crippen LogP contribution in [0.2, 0.25) is 0 Å². The molecule has 5 heterocycles. The third kappa shape index (κ3) is 4.70. The van der Waals surface area contributed by atoms with E-state index in [2.05, 4.69) is 31.2 Å². The number of rotatable bonds is 5. The topological polar surface area (TPSA) is 95.9 Å². The first-order chi connectivity index (χ1) is 18.8. The van der Waals surface area contributed by atoms with Crippen LogP contribution in [0.1, 0.15) is 19.3 Å². The lowest BCUT2D eigenvalue weighted by molar-refractivity contribution is 0.298. The Kier molecular flexibility index (Phi) is 5.75. The Balaban J connectivity index is 1.31. The van der Waals surface area contributed by atoms with Crippen LogP contribution < -0.4 is 20.8 Å². The SMILES string of the molecule is O=S(=O)(c1ccc(OCC2CC2)c(Br)c1)C12C=C3C=CC(=N3)C=c3ccc([nH]3)=CC3=NC(=CC(=CC1)N2)C=C3. The van der Waals surface area contributed by atoms with E-state index in [1.807, 2.05) is 60.7 Å². The molecule has 4 aliphatic heterocycles. The van der Waals surface area contributed by atoms with Gasteiger partial charge in [-0.3, -0.25) is 0 Å². The van der Waals surface area contributed by atoms with Gasteiger partial charge in [-0.05, 0) is 114 Å². The lowest BCUT2D eigenvalue weighted by Gasteiger charge is -2.28. The Morgan fingerprint density at radius 1 is 0.949 bits per heavy atom. The first kappa shape index (κ1) is 24.4. The van der Waals surface area contributed by atoms with Crippen molar-refractivity contribution in [1.29, 1.82) is 0 Å². The Bertz CT molecular complexity index is 1850. The van der Waals surface area contributed by atoms with Gasteiger partial charge in [-0.2, -0.15) is 0 Å². The van der Waals surface area contributed by atoms with Crippen molar-refractivity contribution in [2.24, 2.45) is 15.9 Å². The van der Waals surface area contributed by atoms with Crippen LogP contribution in [0.3, 0.4) is 0 Å². The number of benzene rings is 1. The van der Waals surface area contributed by atoms with Crippen molar-refractivity contribution in [1.82, 2.24) is 10.3 Å². The molecule has 0 amide bonds. The van der Waals surface area contributed by atoms with Gasteiger partial charge in [0.2, 0.25) is 9.84 Å². The van der Waals surface area contributed by atoms with E-state index in [-0.39, 0.29) is 11.3 Å². The molecular formula is C30H25BrN4O3S. The number of aromatic amines is 1. The summed E-state index contributed by atoms with van der Waals surface area (Å²) < 4.78 is 35.1. The van der Waals surface area contributed by atoms with Crippen molar-refractivity contribution >= 4 is 49.3 Å². The molecule has 196 valence electrons. The van der Waals surface area contributed by atoms with Crippen molar-refractivity contribution in [2.45, 2.75) is 29.0 Å². The second-order valence-corrected chi connectivity index (χ2v) is 13.3. The van der Waals surface area contributed by atoms with Crippen molar-refractivity contribution in [3.8, 4) is 5.75 Å². The molecule has 5 aliphatic rings. The van der Waals surface area contributed by atoms with Gasteiger partial charge in [0.05, 0.1) is 38.8 Å². The highest BCUT2D eigenvalue weighted by Crippen LogP contribution is 2.39. The fraction of sp³-hybridized carbons (Fsp3) is 0.200. The first-order valence-corrected chi connectivity index (χ1v) is 15.1. The molecule has 9 heteroatoms. The van der Waals surface area contributed by atoms with Crippen LogP contribution in [0.4, 0.5) is 0 Å². The van der Waals surface area contributed by atoms with E-state index in [4.69, 9.17) is 9.73 Å². The Hall–Kier alpha value is -3.69. The summed E-state index contributed by atoms with van der Waals surface area (Å²) in [6.45, 7) is 0.647. The highest BCUT2D eigenvalue weighted by Gasteiger charge is 2.46. The van der Waals surface area contributed by atoms with Gasteiger partial charge in [0.1, 0.15) is 5.75 Å². The van der Waals surface area contributed by atoms with Gasteiger partial charge in [-0.1, -0.05) is 6.08 Å². The maximum atomic E-state index is 14.3. The maximum absolute atomic E-state index is 14.3. The molecule has 39 heavy (non-hydrogen) atoms. The summed E-state index contributed by atoms with van der Waals surface area (Å²) in [6.07, 6.45) is 19.6. The molecule has 7 nitrogen and oxygen atoms in total. The minimum Gasteiger partial charge on any atom is -0.492 e. The molecule has 2 N–H and O–H groups in total. The van der Waals surface area contributed by atoms with Gasteiger partial charge in [-0.25, -0.2) is 18.4 Å². The smallest absolute Gasteiger partial charge is 0.206 e. The maximum Gasteiger partial charge on any atom is 0.206 e. The highest BCUT2D eigenvalue weighted by molar-refractivity contribution is 9.10. The van der Waals surface area contributed by atoms with E-state index in [0.29, 0.717) is 34.1 Å². The van der Waals surface area contributed by atoms with Crippen molar-refractivity contribution in [2.75, 3.05) is 6.61 Å². The van der Waals surface area contributed by atoms with Crippen molar-refractivity contribution in [3.05, 3.63) is 105 Å². The van der Waals surface area contributed by atoms with E-state index in [9.17, 15) is 8.42 Å². The van der Waals surface area contributed by atoms with Crippen LogP contribution in [-0.2, 0) is 9.84 Å². The number of nitrogens with zero attached hydrogens (tertiary/aromatic N) is 2. The van der Waals surface area contributed by atoms with E-state index < -0.39 is 14.7 Å². The highest BCUT2D eigenvalue weighted by atomic mass is 79.9. The normalized spacial score (nSPS) is 23.2. The zero-order chi connectivity index (χ0) is 26.6. The quantitative estimate of drug-likeness (QED) is 0.543. The van der Waals surface area contributed by atoms with E-state index in [1.54, 1.807) is 24.3 Å². The number of hydrogen-bond acceptors (Lipinski definition) is 6. The molecule has 1 aliphatic carbocycles. The molecule has 0 radical (unpaired) electrons. The monoisotopic (exact) mass is 600 g/mol. The molecule has 1 unspecified atom stereocenters. The first-order valence-electron chi connectivity index (χ1n) is 12.9. The third-order valence-corrected chi connectivity index (χ3v) is 10.1. The van der Waals surface area contributed by atoms with E-state index >= 15 is 0 Å². The van der Waals surface area contributed by atoms with E-state index in [0.717, 1.165) is 27.8 Å². The number of nitrogens with one attached hydrogen (secondary N) is 2.